The van der Waals surface area contributed by atoms with Crippen LogP contribution in [0.5, 0.6) is 11.5 Å². The maximum Gasteiger partial charge on any atom is 0.272 e. The van der Waals surface area contributed by atoms with Gasteiger partial charge in [0.2, 0.25) is 0 Å². The van der Waals surface area contributed by atoms with E-state index in [2.05, 4.69) is 21.2 Å². The number of methoxy groups -OCH3 is 2. The minimum atomic E-state index is -0.136. The summed E-state index contributed by atoms with van der Waals surface area (Å²) in [4.78, 5) is 28.3. The summed E-state index contributed by atoms with van der Waals surface area (Å²) in [5.41, 5.74) is 4.90. The fourth-order valence-corrected chi connectivity index (χ4v) is 6.30. The summed E-state index contributed by atoms with van der Waals surface area (Å²) in [5, 5.41) is 13.2. The van der Waals surface area contributed by atoms with Crippen molar-refractivity contribution >= 4 is 38.5 Å². The van der Waals surface area contributed by atoms with Crippen LogP contribution in [0.25, 0.3) is 38.5 Å². The Morgan fingerprint density at radius 3 is 2.72 bits per heavy atom. The first kappa shape index (κ1) is 21.1. The summed E-state index contributed by atoms with van der Waals surface area (Å²) in [6.45, 7) is 0. The van der Waals surface area contributed by atoms with E-state index < -0.39 is 0 Å². The van der Waals surface area contributed by atoms with Crippen LogP contribution in [0, 0.1) is 0 Å². The van der Waals surface area contributed by atoms with Crippen molar-refractivity contribution in [3.63, 3.8) is 0 Å². The third-order valence-corrected chi connectivity index (χ3v) is 7.85. The van der Waals surface area contributed by atoms with Crippen molar-refractivity contribution in [2.24, 2.45) is 0 Å². The largest absolute Gasteiger partial charge is 0.506 e. The second-order valence-electron chi connectivity index (χ2n) is 9.54. The van der Waals surface area contributed by atoms with Crippen LogP contribution in [0.4, 0.5) is 0 Å². The Balaban J connectivity index is 1.45. The molecule has 0 spiro atoms. The number of para-hydroxylation sites is 1. The molecular formula is C27H26N5O4+. The highest BCUT2D eigenvalue weighted by molar-refractivity contribution is 6.12. The minimum Gasteiger partial charge on any atom is -0.506 e. The Labute approximate surface area is 205 Å². The molecule has 9 nitrogen and oxygen atoms in total. The number of nitrogens with zero attached hydrogens (tertiary/aromatic N) is 1. The fraction of sp³-hybridized carbons (Fsp3) is 0.259. The Morgan fingerprint density at radius 1 is 1.03 bits per heavy atom. The van der Waals surface area contributed by atoms with Crippen LogP contribution in [0.2, 0.25) is 0 Å². The topological polar surface area (TPSA) is 120 Å². The minimum absolute atomic E-state index is 0.0374. The lowest BCUT2D eigenvalue weighted by molar-refractivity contribution is -0.920. The number of phenolic OH excluding ortho intramolecular Hbond substituents is 1. The van der Waals surface area contributed by atoms with Crippen LogP contribution >= 0.6 is 0 Å². The van der Waals surface area contributed by atoms with Crippen molar-refractivity contribution in [3.8, 4) is 11.5 Å². The monoisotopic (exact) mass is 484 g/mol. The molecule has 3 unspecified atom stereocenters. The van der Waals surface area contributed by atoms with Crippen LogP contribution in [-0.2, 0) is 4.74 Å². The van der Waals surface area contributed by atoms with Gasteiger partial charge in [0.15, 0.2) is 5.76 Å². The number of nitrogens with one attached hydrogen (secondary N) is 4. The zero-order valence-corrected chi connectivity index (χ0v) is 19.9. The zero-order chi connectivity index (χ0) is 24.6. The van der Waals surface area contributed by atoms with E-state index in [1.807, 2.05) is 18.2 Å². The van der Waals surface area contributed by atoms with Gasteiger partial charge in [0, 0.05) is 29.8 Å². The quantitative estimate of drug-likeness (QED) is 0.269. The van der Waals surface area contributed by atoms with Crippen molar-refractivity contribution in [2.45, 2.75) is 31.3 Å². The molecule has 3 atom stereocenters. The highest BCUT2D eigenvalue weighted by Crippen LogP contribution is 2.42. The van der Waals surface area contributed by atoms with Gasteiger partial charge in [0.1, 0.15) is 41.0 Å². The van der Waals surface area contributed by atoms with Crippen molar-refractivity contribution in [3.05, 3.63) is 70.2 Å². The van der Waals surface area contributed by atoms with Gasteiger partial charge in [-0.15, -0.1) is 0 Å². The number of H-pyrrole nitrogens is 3. The van der Waals surface area contributed by atoms with Crippen LogP contribution in [0.3, 0.4) is 0 Å². The molecule has 5 aromatic rings. The molecule has 2 aliphatic rings. The number of hydrogen-bond acceptors (Lipinski definition) is 5. The van der Waals surface area contributed by atoms with Gasteiger partial charge in [-0.05, 0) is 18.6 Å². The van der Waals surface area contributed by atoms with E-state index in [0.29, 0.717) is 16.8 Å². The smallest absolute Gasteiger partial charge is 0.272 e. The van der Waals surface area contributed by atoms with Gasteiger partial charge in [0.05, 0.1) is 48.1 Å². The summed E-state index contributed by atoms with van der Waals surface area (Å²) in [7, 11) is 3.31. The number of benzene rings is 1. The molecule has 182 valence electrons. The number of aromatic hydroxyl groups is 1. The lowest BCUT2D eigenvalue weighted by Gasteiger charge is -2.39. The molecule has 4 aromatic heterocycles. The Morgan fingerprint density at radius 2 is 1.89 bits per heavy atom. The molecule has 2 aliphatic heterocycles. The van der Waals surface area contributed by atoms with Gasteiger partial charge in [-0.25, -0.2) is 4.98 Å². The number of fused-ring (bicyclic) bond motifs is 8. The van der Waals surface area contributed by atoms with Gasteiger partial charge >= 0.3 is 0 Å². The molecule has 5 N–H and O–H groups in total. The van der Waals surface area contributed by atoms with Crippen molar-refractivity contribution in [2.75, 3.05) is 14.2 Å². The van der Waals surface area contributed by atoms with Crippen molar-refractivity contribution in [1.82, 2.24) is 19.9 Å². The van der Waals surface area contributed by atoms with Gasteiger partial charge in [-0.1, -0.05) is 12.1 Å². The lowest BCUT2D eigenvalue weighted by Crippen LogP contribution is -3.09. The molecule has 0 radical (unpaired) electrons. The SMILES string of the molecule is COC1=C[NH+]2C(CCCC2c2ncc(OC)c3c2[nH]c2c(O)cccc23)c2[nH]c3c(=O)[nH]ccc3c21. The van der Waals surface area contributed by atoms with Crippen LogP contribution in [-0.4, -0.2) is 39.3 Å². The van der Waals surface area contributed by atoms with E-state index in [4.69, 9.17) is 14.5 Å². The first-order valence-corrected chi connectivity index (χ1v) is 12.1. The standard InChI is InChI=1S/C27H25N5O4/c1-35-18-11-29-25(26-20(18)13-5-3-8-17(33)22(13)30-26)16-7-4-6-15-24-21(19(36-2)12-32(15)16)14-9-10-28-27(34)23(14)31-24/h3,5,8-12,15-16,30-31,33H,4,6-7H2,1-2H3,(H,28,34)/p+1. The second-order valence-corrected chi connectivity index (χ2v) is 9.54. The van der Waals surface area contributed by atoms with Crippen LogP contribution in [0.15, 0.2) is 47.7 Å². The maximum atomic E-state index is 12.6. The second kappa shape index (κ2) is 7.63. The Hall–Kier alpha value is -4.24. The molecule has 1 fully saturated rings. The number of ether oxygens (including phenoxy) is 2. The zero-order valence-electron chi connectivity index (χ0n) is 19.9. The molecule has 1 saturated heterocycles. The number of rotatable bonds is 3. The molecular weight excluding hydrogens is 458 g/mol. The molecule has 0 saturated carbocycles. The van der Waals surface area contributed by atoms with Gasteiger partial charge in [-0.3, -0.25) is 9.69 Å². The van der Waals surface area contributed by atoms with E-state index >= 15 is 0 Å². The Kier molecular flexibility index (Phi) is 4.47. The van der Waals surface area contributed by atoms with Gasteiger partial charge < -0.3 is 29.5 Å². The Bertz CT molecular complexity index is 1760. The van der Waals surface area contributed by atoms with E-state index in [-0.39, 0.29) is 23.4 Å². The van der Waals surface area contributed by atoms with Crippen molar-refractivity contribution < 1.29 is 19.5 Å². The summed E-state index contributed by atoms with van der Waals surface area (Å²) in [5.74, 6) is 1.61. The van der Waals surface area contributed by atoms with E-state index in [1.54, 1.807) is 32.7 Å². The van der Waals surface area contributed by atoms with Crippen LogP contribution < -0.4 is 15.2 Å². The molecule has 1 aromatic carbocycles. The highest BCUT2D eigenvalue weighted by atomic mass is 16.5. The van der Waals surface area contributed by atoms with Gasteiger partial charge in [-0.2, -0.15) is 0 Å². The van der Waals surface area contributed by atoms with Gasteiger partial charge in [0.25, 0.3) is 5.56 Å². The summed E-state index contributed by atoms with van der Waals surface area (Å²) < 4.78 is 11.5. The summed E-state index contributed by atoms with van der Waals surface area (Å²) in [6, 6.07) is 7.58. The average molecular weight is 485 g/mol. The third-order valence-electron chi connectivity index (χ3n) is 7.85. The molecule has 0 bridgehead atoms. The first-order chi connectivity index (χ1) is 17.6. The molecule has 0 amide bonds. The van der Waals surface area contributed by atoms with E-state index in [1.165, 1.54) is 4.90 Å². The number of phenols is 1. The molecule has 7 rings (SSSR count). The highest BCUT2D eigenvalue weighted by Gasteiger charge is 2.44. The normalized spacial score (nSPS) is 21.4. The number of piperidine rings is 1. The number of hydrogen-bond donors (Lipinski definition) is 5. The number of aromatic nitrogens is 4. The van der Waals surface area contributed by atoms with Crippen LogP contribution in [0.1, 0.15) is 48.3 Å². The predicted octanol–water partition coefficient (Wildman–Crippen LogP) is 3.41. The number of aromatic amines is 3. The molecule has 36 heavy (non-hydrogen) atoms. The first-order valence-electron chi connectivity index (χ1n) is 12.1. The summed E-state index contributed by atoms with van der Waals surface area (Å²) in [6.07, 6.45) is 8.52. The van der Waals surface area contributed by atoms with E-state index in [9.17, 15) is 9.90 Å². The number of quaternary nitrogens is 1. The summed E-state index contributed by atoms with van der Waals surface area (Å²) >= 11 is 0. The predicted molar refractivity (Wildman–Crippen MR) is 136 cm³/mol. The van der Waals surface area contributed by atoms with E-state index in [0.717, 1.165) is 63.6 Å². The molecule has 6 heterocycles. The lowest BCUT2D eigenvalue weighted by atomic mass is 9.87. The molecule has 0 aliphatic carbocycles. The average Bonchev–Trinajstić information content (AvgIpc) is 3.49. The number of pyridine rings is 2. The molecule has 9 heteroatoms. The fourth-order valence-electron chi connectivity index (χ4n) is 6.30. The van der Waals surface area contributed by atoms with Crippen molar-refractivity contribution in [1.29, 1.82) is 0 Å². The maximum absolute atomic E-state index is 12.6. The third kappa shape index (κ3) is 2.74.